The number of amides is 1. The maximum atomic E-state index is 13.5. The normalized spacial score (nSPS) is 13.4. The third-order valence-electron chi connectivity index (χ3n) is 2.45. The number of halogens is 1. The summed E-state index contributed by atoms with van der Waals surface area (Å²) >= 11 is 0. The molecule has 1 aromatic carbocycles. The third-order valence-corrected chi connectivity index (χ3v) is 2.45. The lowest BCUT2D eigenvalue weighted by atomic mass is 10.2. The molecule has 0 fully saturated rings. The van der Waals surface area contributed by atoms with Crippen LogP contribution in [0.15, 0.2) is 29.8 Å². The molecule has 0 atom stereocenters. The number of hydrogen-bond acceptors (Lipinski definition) is 4. The van der Waals surface area contributed by atoms with Gasteiger partial charge in [-0.3, -0.25) is 4.79 Å². The Hall–Kier alpha value is -2.46. The van der Waals surface area contributed by atoms with Crippen LogP contribution in [-0.2, 0) is 9.59 Å². The maximum absolute atomic E-state index is 13.5. The van der Waals surface area contributed by atoms with Gasteiger partial charge in [0.15, 0.2) is 12.4 Å². The number of carbonyl (C=O) groups excluding carboxylic acids is 2. The van der Waals surface area contributed by atoms with Crippen LogP contribution in [0.2, 0.25) is 0 Å². The zero-order valence-corrected chi connectivity index (χ0v) is 9.35. The Morgan fingerprint density at radius 2 is 2.39 bits per heavy atom. The minimum Gasteiger partial charge on any atom is -0.481 e. The molecule has 1 heterocycles. The van der Waals surface area contributed by atoms with Gasteiger partial charge in [0.1, 0.15) is 11.4 Å². The fraction of sp³-hybridized carbons (Fsp3) is 0.167. The van der Waals surface area contributed by atoms with Gasteiger partial charge in [-0.05, 0) is 6.07 Å². The molecule has 92 valence electrons. The van der Waals surface area contributed by atoms with Crippen LogP contribution in [0.3, 0.4) is 0 Å². The van der Waals surface area contributed by atoms with Crippen LogP contribution in [0, 0.1) is 5.82 Å². The van der Waals surface area contributed by atoms with Crippen LogP contribution in [0.4, 0.5) is 15.8 Å². The van der Waals surface area contributed by atoms with E-state index in [0.29, 0.717) is 5.69 Å². The highest BCUT2D eigenvalue weighted by Gasteiger charge is 2.26. The molecule has 2 rings (SSSR count). The Bertz CT molecular complexity index is 565. The quantitative estimate of drug-likeness (QED) is 0.464. The van der Waals surface area contributed by atoms with Gasteiger partial charge < -0.3 is 9.64 Å². The topological polar surface area (TPSA) is 59.0 Å². The predicted octanol–water partition coefficient (Wildman–Crippen LogP) is 1.70. The molecule has 18 heavy (non-hydrogen) atoms. The van der Waals surface area contributed by atoms with E-state index in [2.05, 4.69) is 11.6 Å². The van der Waals surface area contributed by atoms with Gasteiger partial charge in [0, 0.05) is 12.6 Å². The van der Waals surface area contributed by atoms with Crippen molar-refractivity contribution in [2.45, 2.75) is 0 Å². The van der Waals surface area contributed by atoms with E-state index >= 15 is 0 Å². The first kappa shape index (κ1) is 12.0. The van der Waals surface area contributed by atoms with Gasteiger partial charge in [0.05, 0.1) is 5.69 Å². The van der Waals surface area contributed by atoms with Gasteiger partial charge in [-0.1, -0.05) is 6.08 Å². The van der Waals surface area contributed by atoms with E-state index in [4.69, 9.17) is 4.74 Å². The molecule has 0 N–H and O–H groups in total. The summed E-state index contributed by atoms with van der Waals surface area (Å²) in [7, 11) is 0. The van der Waals surface area contributed by atoms with Crippen LogP contribution in [0.5, 0.6) is 5.75 Å². The Balaban J connectivity index is 2.55. The first-order valence-corrected chi connectivity index (χ1v) is 5.13. The second-order valence-electron chi connectivity index (χ2n) is 3.56. The second kappa shape index (κ2) is 4.81. The lowest BCUT2D eigenvalue weighted by Gasteiger charge is -2.28. The van der Waals surface area contributed by atoms with Crippen molar-refractivity contribution in [1.29, 1.82) is 0 Å². The van der Waals surface area contributed by atoms with Crippen molar-refractivity contribution in [1.82, 2.24) is 0 Å². The van der Waals surface area contributed by atoms with Crippen molar-refractivity contribution >= 4 is 23.4 Å². The molecule has 0 bridgehead atoms. The summed E-state index contributed by atoms with van der Waals surface area (Å²) < 4.78 is 18.6. The van der Waals surface area contributed by atoms with E-state index < -0.39 is 5.82 Å². The van der Waals surface area contributed by atoms with Gasteiger partial charge in [-0.25, -0.2) is 9.18 Å². The van der Waals surface area contributed by atoms with E-state index in [1.807, 2.05) is 0 Å². The molecule has 1 aromatic rings. The highest BCUT2D eigenvalue weighted by molar-refractivity contribution is 5.98. The Labute approximate surface area is 102 Å². The number of ether oxygens (including phenoxy) is 1. The minimum absolute atomic E-state index is 0.156. The molecule has 0 radical (unpaired) electrons. The molecule has 0 saturated carbocycles. The number of benzene rings is 1. The maximum Gasteiger partial charge on any atom is 0.265 e. The van der Waals surface area contributed by atoms with Crippen LogP contribution >= 0.6 is 0 Å². The first-order chi connectivity index (χ1) is 8.67. The summed E-state index contributed by atoms with van der Waals surface area (Å²) in [6.07, 6.45) is 2.80. The van der Waals surface area contributed by atoms with Crippen LogP contribution in [-0.4, -0.2) is 25.1 Å². The molecule has 0 unspecified atom stereocenters. The predicted molar refractivity (Wildman–Crippen MR) is 62.2 cm³/mol. The summed E-state index contributed by atoms with van der Waals surface area (Å²) in [5.41, 5.74) is 0.178. The fourth-order valence-corrected chi connectivity index (χ4v) is 1.67. The van der Waals surface area contributed by atoms with Crippen LogP contribution in [0.25, 0.3) is 0 Å². The minimum atomic E-state index is -0.704. The van der Waals surface area contributed by atoms with E-state index in [-0.39, 0.29) is 30.5 Å². The van der Waals surface area contributed by atoms with E-state index in [0.717, 1.165) is 6.07 Å². The number of fused-ring (bicyclic) bond motifs is 1. The second-order valence-corrected chi connectivity index (χ2v) is 3.56. The monoisotopic (exact) mass is 248 g/mol. The molecule has 1 amide bonds. The van der Waals surface area contributed by atoms with Crippen LogP contribution in [0.1, 0.15) is 0 Å². The average molecular weight is 248 g/mol. The highest BCUT2D eigenvalue weighted by Crippen LogP contribution is 2.37. The van der Waals surface area contributed by atoms with Crippen molar-refractivity contribution in [3.8, 4) is 5.75 Å². The number of rotatable bonds is 3. The average Bonchev–Trinajstić information content (AvgIpc) is 2.35. The summed E-state index contributed by atoms with van der Waals surface area (Å²) in [6, 6.07) is 2.37. The molecule has 1 aliphatic heterocycles. The van der Waals surface area contributed by atoms with Gasteiger partial charge in [0.25, 0.3) is 5.91 Å². The molecule has 1 aliphatic rings. The summed E-state index contributed by atoms with van der Waals surface area (Å²) in [5, 5.41) is 0. The Morgan fingerprint density at radius 1 is 1.61 bits per heavy atom. The van der Waals surface area contributed by atoms with E-state index in [9.17, 15) is 14.0 Å². The lowest BCUT2D eigenvalue weighted by molar-refractivity contribution is -0.121. The zero-order chi connectivity index (χ0) is 13.1. The van der Waals surface area contributed by atoms with E-state index in [1.54, 1.807) is 6.08 Å². The molecular weight excluding hydrogens is 239 g/mol. The van der Waals surface area contributed by atoms with Crippen molar-refractivity contribution in [3.63, 3.8) is 0 Å². The Morgan fingerprint density at radius 3 is 3.06 bits per heavy atom. The zero-order valence-electron chi connectivity index (χ0n) is 9.35. The SMILES string of the molecule is C=CCN1C(=O)COc2cc(F)c(N=C=O)cc21. The van der Waals surface area contributed by atoms with Gasteiger partial charge in [-0.2, -0.15) is 4.99 Å². The summed E-state index contributed by atoms with van der Waals surface area (Å²) in [5.74, 6) is -0.737. The standard InChI is InChI=1S/C12H9FN2O3/c1-2-3-15-10-5-9(14-7-16)8(13)4-11(10)18-6-12(15)17/h2,4-5H,1,3,6H2. The summed E-state index contributed by atoms with van der Waals surface area (Å²) in [6.45, 7) is 3.66. The third kappa shape index (κ3) is 2.01. The Kier molecular flexibility index (Phi) is 3.21. The van der Waals surface area contributed by atoms with Crippen molar-refractivity contribution < 1.29 is 18.7 Å². The number of aliphatic imine (C=N–C) groups is 1. The van der Waals surface area contributed by atoms with Crippen LogP contribution < -0.4 is 9.64 Å². The molecule has 0 aliphatic carbocycles. The molecule has 0 saturated heterocycles. The lowest BCUT2D eigenvalue weighted by Crippen LogP contribution is -2.38. The number of anilines is 1. The van der Waals surface area contributed by atoms with Crippen molar-refractivity contribution in [3.05, 3.63) is 30.6 Å². The number of hydrogen-bond donors (Lipinski definition) is 0. The number of isocyanates is 1. The van der Waals surface area contributed by atoms with Gasteiger partial charge >= 0.3 is 0 Å². The molecule has 5 nitrogen and oxygen atoms in total. The first-order valence-electron chi connectivity index (χ1n) is 5.13. The molecule has 0 aromatic heterocycles. The van der Waals surface area contributed by atoms with Crippen molar-refractivity contribution in [2.75, 3.05) is 18.1 Å². The van der Waals surface area contributed by atoms with Gasteiger partial charge in [-0.15, -0.1) is 6.58 Å². The largest absolute Gasteiger partial charge is 0.481 e. The number of nitrogens with zero attached hydrogens (tertiary/aromatic N) is 2. The molecular formula is C12H9FN2O3. The highest BCUT2D eigenvalue weighted by atomic mass is 19.1. The van der Waals surface area contributed by atoms with Gasteiger partial charge in [0.2, 0.25) is 6.08 Å². The molecule has 6 heteroatoms. The van der Waals surface area contributed by atoms with Crippen molar-refractivity contribution in [2.24, 2.45) is 4.99 Å². The fourth-order valence-electron chi connectivity index (χ4n) is 1.67. The summed E-state index contributed by atoms with van der Waals surface area (Å²) in [4.78, 5) is 26.5. The van der Waals surface area contributed by atoms with E-state index in [1.165, 1.54) is 17.0 Å². The molecule has 0 spiro atoms. The smallest absolute Gasteiger partial charge is 0.265 e. The number of carbonyl (C=O) groups is 1.